The summed E-state index contributed by atoms with van der Waals surface area (Å²) in [5.41, 5.74) is 8.89. The minimum atomic E-state index is -0.482. The molecule has 0 amide bonds. The highest BCUT2D eigenvalue weighted by atomic mass is 16.5. The molecule has 1 aromatic heterocycles. The van der Waals surface area contributed by atoms with Crippen LogP contribution in [0.1, 0.15) is 65.3 Å². The van der Waals surface area contributed by atoms with Crippen LogP contribution in [0.25, 0.3) is 11.1 Å². The third-order valence-electron chi connectivity index (χ3n) is 11.8. The monoisotopic (exact) mass is 627 g/mol. The Balaban J connectivity index is 1.18. The topological polar surface area (TPSA) is 58.1 Å². The van der Waals surface area contributed by atoms with Gasteiger partial charge in [-0.05, 0) is 105 Å². The van der Waals surface area contributed by atoms with Gasteiger partial charge in [0, 0.05) is 49.5 Å². The molecule has 4 atom stereocenters. The first-order chi connectivity index (χ1) is 23.0. The van der Waals surface area contributed by atoms with Crippen LogP contribution in [0.2, 0.25) is 0 Å². The SMILES string of the molecule is CN(C)Cc1ccccc1-c1cnc2c(c1)C[C@@]1(OCCCc3ccccc3)[C@H]3Cc4ccc(O)c5c4[C@@]1(CCN3CC1CC1)[C@H]2O5. The van der Waals surface area contributed by atoms with Crippen molar-refractivity contribution in [1.29, 1.82) is 0 Å². The van der Waals surface area contributed by atoms with Crippen molar-refractivity contribution in [3.63, 3.8) is 0 Å². The second kappa shape index (κ2) is 11.2. The number of nitrogens with zero attached hydrogens (tertiary/aromatic N) is 3. The molecule has 4 aromatic rings. The summed E-state index contributed by atoms with van der Waals surface area (Å²) in [6.45, 7) is 3.72. The van der Waals surface area contributed by atoms with Gasteiger partial charge in [0.25, 0.3) is 0 Å². The molecular formula is C41H45N3O3. The van der Waals surface area contributed by atoms with Crippen LogP contribution in [-0.2, 0) is 36.0 Å². The molecular weight excluding hydrogens is 582 g/mol. The largest absolute Gasteiger partial charge is 0.504 e. The maximum Gasteiger partial charge on any atom is 0.166 e. The molecule has 3 aromatic carbocycles. The Morgan fingerprint density at radius 1 is 1.02 bits per heavy atom. The van der Waals surface area contributed by atoms with E-state index in [9.17, 15) is 5.11 Å². The van der Waals surface area contributed by atoms with Crippen LogP contribution in [-0.4, -0.2) is 65.3 Å². The van der Waals surface area contributed by atoms with Crippen molar-refractivity contribution in [1.82, 2.24) is 14.8 Å². The number of phenols is 1. The van der Waals surface area contributed by atoms with Crippen LogP contribution in [0, 0.1) is 5.92 Å². The Hall–Kier alpha value is -3.71. The molecule has 6 nitrogen and oxygen atoms in total. The van der Waals surface area contributed by atoms with Gasteiger partial charge < -0.3 is 19.5 Å². The number of ether oxygens (including phenoxy) is 2. The fourth-order valence-corrected chi connectivity index (χ4v) is 9.69. The highest BCUT2D eigenvalue weighted by Gasteiger charge is 2.74. The van der Waals surface area contributed by atoms with E-state index in [0.717, 1.165) is 68.9 Å². The predicted molar refractivity (Wildman–Crippen MR) is 184 cm³/mol. The summed E-state index contributed by atoms with van der Waals surface area (Å²) >= 11 is 0. The Kier molecular flexibility index (Phi) is 7.00. The quantitative estimate of drug-likeness (QED) is 0.194. The number of likely N-dealkylation sites (tertiary alicyclic amines) is 1. The molecule has 3 heterocycles. The lowest BCUT2D eigenvalue weighted by Crippen LogP contribution is -2.75. The zero-order chi connectivity index (χ0) is 31.8. The van der Waals surface area contributed by atoms with E-state index < -0.39 is 11.0 Å². The minimum absolute atomic E-state index is 0.236. The average molecular weight is 628 g/mol. The van der Waals surface area contributed by atoms with E-state index in [2.05, 4.69) is 90.6 Å². The van der Waals surface area contributed by atoms with Gasteiger partial charge in [-0.3, -0.25) is 9.88 Å². The van der Waals surface area contributed by atoms with Crippen molar-refractivity contribution in [3.05, 3.63) is 113 Å². The normalized spacial score (nSPS) is 27.0. The van der Waals surface area contributed by atoms with Gasteiger partial charge in [-0.15, -0.1) is 0 Å². The Morgan fingerprint density at radius 2 is 1.85 bits per heavy atom. The van der Waals surface area contributed by atoms with E-state index in [0.29, 0.717) is 12.4 Å². The van der Waals surface area contributed by atoms with Crippen LogP contribution < -0.4 is 4.74 Å². The van der Waals surface area contributed by atoms with Gasteiger partial charge in [0.1, 0.15) is 5.60 Å². The molecule has 2 aliphatic heterocycles. The molecule has 5 aliphatic rings. The number of pyridine rings is 1. The zero-order valence-corrected chi connectivity index (χ0v) is 27.6. The molecule has 2 fully saturated rings. The van der Waals surface area contributed by atoms with Crippen molar-refractivity contribution < 1.29 is 14.6 Å². The molecule has 1 saturated carbocycles. The van der Waals surface area contributed by atoms with E-state index >= 15 is 0 Å². The zero-order valence-electron chi connectivity index (χ0n) is 27.6. The molecule has 1 spiro atoms. The highest BCUT2D eigenvalue weighted by molar-refractivity contribution is 5.70. The van der Waals surface area contributed by atoms with Crippen molar-refractivity contribution in [2.75, 3.05) is 33.8 Å². The standard InChI is InChI=1S/C41H45N3O3/c1-43(2)26-30-12-6-7-13-33(30)32-21-31-23-41(46-20-8-11-27-9-4-3-5-10-27)35-22-29-16-17-34(45)38-36(29)40(41,39(47-38)37(31)42-24-32)18-19-44(35)25-28-14-15-28/h3-7,9-10,12-13,16-17,21,24,28,35,39,45H,8,11,14-15,18-20,22-23,25-26H2,1-2H3/t35-,39+,40+,41-/m1/s1. The number of hydrogen-bond donors (Lipinski definition) is 1. The van der Waals surface area contributed by atoms with Gasteiger partial charge in [-0.25, -0.2) is 0 Å². The highest BCUT2D eigenvalue weighted by Crippen LogP contribution is 2.69. The number of rotatable bonds is 10. The number of fused-ring (bicyclic) bond motifs is 2. The van der Waals surface area contributed by atoms with Gasteiger partial charge in [0.05, 0.1) is 11.1 Å². The molecule has 6 heteroatoms. The van der Waals surface area contributed by atoms with E-state index in [1.165, 1.54) is 46.2 Å². The van der Waals surface area contributed by atoms with Crippen LogP contribution in [0.3, 0.4) is 0 Å². The van der Waals surface area contributed by atoms with Gasteiger partial charge in [-0.1, -0.05) is 60.7 Å². The first kappa shape index (κ1) is 29.4. The summed E-state index contributed by atoms with van der Waals surface area (Å²) in [7, 11) is 4.24. The molecule has 9 rings (SSSR count). The summed E-state index contributed by atoms with van der Waals surface area (Å²) in [6, 6.07) is 26.1. The fourth-order valence-electron chi connectivity index (χ4n) is 9.69. The van der Waals surface area contributed by atoms with E-state index in [1.54, 1.807) is 0 Å². The first-order valence-corrected chi connectivity index (χ1v) is 17.6. The van der Waals surface area contributed by atoms with Gasteiger partial charge in [0.2, 0.25) is 0 Å². The molecule has 1 N–H and O–H groups in total. The van der Waals surface area contributed by atoms with E-state index in [4.69, 9.17) is 14.5 Å². The van der Waals surface area contributed by atoms with Crippen LogP contribution in [0.4, 0.5) is 0 Å². The van der Waals surface area contributed by atoms with Gasteiger partial charge in [0.15, 0.2) is 17.6 Å². The molecule has 2 bridgehead atoms. The summed E-state index contributed by atoms with van der Waals surface area (Å²) in [6.07, 6.45) is 9.04. The smallest absolute Gasteiger partial charge is 0.166 e. The maximum absolute atomic E-state index is 11.3. The Morgan fingerprint density at radius 3 is 2.68 bits per heavy atom. The summed E-state index contributed by atoms with van der Waals surface area (Å²) in [5, 5.41) is 11.3. The second-order valence-corrected chi connectivity index (χ2v) is 15.0. The average Bonchev–Trinajstić information content (AvgIpc) is 3.82. The number of benzene rings is 3. The van der Waals surface area contributed by atoms with Gasteiger partial charge in [-0.2, -0.15) is 0 Å². The van der Waals surface area contributed by atoms with Crippen molar-refractivity contribution in [2.24, 2.45) is 5.92 Å². The summed E-state index contributed by atoms with van der Waals surface area (Å²) < 4.78 is 14.5. The van der Waals surface area contributed by atoms with Crippen molar-refractivity contribution in [2.45, 2.75) is 74.7 Å². The number of phenolic OH excluding ortho intramolecular Hbond substituents is 1. The minimum Gasteiger partial charge on any atom is -0.504 e. The van der Waals surface area contributed by atoms with Crippen LogP contribution in [0.5, 0.6) is 11.5 Å². The molecule has 47 heavy (non-hydrogen) atoms. The molecule has 3 aliphatic carbocycles. The number of aromatic hydroxyl groups is 1. The lowest BCUT2D eigenvalue weighted by Gasteiger charge is -2.64. The lowest BCUT2D eigenvalue weighted by atomic mass is 9.48. The molecule has 0 unspecified atom stereocenters. The number of aryl methyl sites for hydroxylation is 1. The van der Waals surface area contributed by atoms with Crippen molar-refractivity contribution >= 4 is 0 Å². The van der Waals surface area contributed by atoms with Crippen LogP contribution in [0.15, 0.2) is 79.0 Å². The molecule has 1 saturated heterocycles. The summed E-state index contributed by atoms with van der Waals surface area (Å²) in [4.78, 5) is 10.3. The molecule has 0 radical (unpaired) electrons. The Bertz CT molecular complexity index is 1820. The number of piperidine rings is 1. The Labute approximate surface area is 278 Å². The van der Waals surface area contributed by atoms with Crippen molar-refractivity contribution in [3.8, 4) is 22.6 Å². The van der Waals surface area contributed by atoms with E-state index in [-0.39, 0.29) is 17.9 Å². The first-order valence-electron chi connectivity index (χ1n) is 17.6. The third kappa shape index (κ3) is 4.59. The van der Waals surface area contributed by atoms with E-state index in [1.807, 2.05) is 12.3 Å². The third-order valence-corrected chi connectivity index (χ3v) is 11.8. The van der Waals surface area contributed by atoms with Gasteiger partial charge >= 0.3 is 0 Å². The maximum atomic E-state index is 11.3. The molecule has 242 valence electrons. The second-order valence-electron chi connectivity index (χ2n) is 15.0. The van der Waals surface area contributed by atoms with Crippen LogP contribution >= 0.6 is 0 Å². The fraction of sp³-hybridized carbons (Fsp3) is 0.439. The predicted octanol–water partition coefficient (Wildman–Crippen LogP) is 6.87. The number of aromatic nitrogens is 1. The number of hydrogen-bond acceptors (Lipinski definition) is 6. The lowest BCUT2D eigenvalue weighted by molar-refractivity contribution is -0.205. The summed E-state index contributed by atoms with van der Waals surface area (Å²) in [5.74, 6) is 1.69.